The lowest BCUT2D eigenvalue weighted by Crippen LogP contribution is -2.45. The first kappa shape index (κ1) is 14.9. The Balaban J connectivity index is 1.70. The van der Waals surface area contributed by atoms with Crippen molar-refractivity contribution in [2.75, 3.05) is 30.0 Å². The molecule has 0 bridgehead atoms. The van der Waals surface area contributed by atoms with Crippen molar-refractivity contribution in [1.29, 1.82) is 0 Å². The maximum atomic E-state index is 13.7. The summed E-state index contributed by atoms with van der Waals surface area (Å²) in [5.74, 6) is -0.531. The molecule has 1 aliphatic carbocycles. The zero-order valence-electron chi connectivity index (χ0n) is 13.3. The number of hydrogen-bond donors (Lipinski definition) is 0. The molecular formula is C17H17FN4O2. The van der Waals surface area contributed by atoms with E-state index in [0.717, 1.165) is 24.2 Å². The number of benzene rings is 1. The third-order valence-electron chi connectivity index (χ3n) is 4.37. The Labute approximate surface area is 138 Å². The van der Waals surface area contributed by atoms with Gasteiger partial charge in [0.15, 0.2) is 0 Å². The lowest BCUT2D eigenvalue weighted by atomic mass is 10.1. The van der Waals surface area contributed by atoms with E-state index in [1.165, 1.54) is 25.4 Å². The largest absolute Gasteiger partial charge is 0.467 e. The number of nitrogens with zero attached hydrogens (tertiary/aromatic N) is 4. The van der Waals surface area contributed by atoms with Crippen LogP contribution in [-0.4, -0.2) is 42.1 Å². The van der Waals surface area contributed by atoms with Gasteiger partial charge in [-0.25, -0.2) is 9.37 Å². The Morgan fingerprint density at radius 1 is 1.25 bits per heavy atom. The molecule has 24 heavy (non-hydrogen) atoms. The van der Waals surface area contributed by atoms with Crippen molar-refractivity contribution in [3.8, 4) is 6.01 Å². The normalized spacial score (nSPS) is 16.8. The van der Waals surface area contributed by atoms with Gasteiger partial charge in [0.2, 0.25) is 0 Å². The van der Waals surface area contributed by atoms with Gasteiger partial charge in [-0.2, -0.15) is 4.98 Å². The van der Waals surface area contributed by atoms with Crippen molar-refractivity contribution >= 4 is 17.3 Å². The summed E-state index contributed by atoms with van der Waals surface area (Å²) in [5.41, 5.74) is 1.76. The summed E-state index contributed by atoms with van der Waals surface area (Å²) in [5, 5.41) is 0. The Morgan fingerprint density at radius 2 is 2.08 bits per heavy atom. The molecule has 4 rings (SSSR count). The summed E-state index contributed by atoms with van der Waals surface area (Å²) < 4.78 is 18.7. The predicted molar refractivity (Wildman–Crippen MR) is 87.0 cm³/mol. The fourth-order valence-corrected chi connectivity index (χ4v) is 3.08. The molecule has 2 aromatic rings. The van der Waals surface area contributed by atoms with Gasteiger partial charge in [0, 0.05) is 25.3 Å². The van der Waals surface area contributed by atoms with E-state index < -0.39 is 0 Å². The molecule has 1 aromatic carbocycles. The van der Waals surface area contributed by atoms with Gasteiger partial charge in [-0.3, -0.25) is 4.79 Å². The van der Waals surface area contributed by atoms with Crippen LogP contribution in [0.25, 0.3) is 0 Å². The van der Waals surface area contributed by atoms with Crippen LogP contribution >= 0.6 is 0 Å². The standard InChI is InChI=1S/C17H17FN4O2/c1-24-17-19-7-6-13(20-17)16(23)22-9-8-21(12-3-4-12)15-10-11(18)2-5-14(15)22/h2,5-7,10,12H,3-4,8-9H2,1H3. The second kappa shape index (κ2) is 5.74. The maximum Gasteiger partial charge on any atom is 0.316 e. The van der Waals surface area contributed by atoms with Crippen LogP contribution in [-0.2, 0) is 0 Å². The highest BCUT2D eigenvalue weighted by molar-refractivity contribution is 6.07. The van der Waals surface area contributed by atoms with Crippen molar-refractivity contribution in [2.45, 2.75) is 18.9 Å². The highest BCUT2D eigenvalue weighted by Gasteiger charge is 2.36. The van der Waals surface area contributed by atoms with Crippen molar-refractivity contribution in [2.24, 2.45) is 0 Å². The smallest absolute Gasteiger partial charge is 0.316 e. The van der Waals surface area contributed by atoms with Crippen molar-refractivity contribution in [3.63, 3.8) is 0 Å². The monoisotopic (exact) mass is 328 g/mol. The molecule has 0 unspecified atom stereocenters. The van der Waals surface area contributed by atoms with E-state index in [1.54, 1.807) is 17.0 Å². The summed E-state index contributed by atoms with van der Waals surface area (Å²) in [6.07, 6.45) is 3.73. The second-order valence-electron chi connectivity index (χ2n) is 5.94. The summed E-state index contributed by atoms with van der Waals surface area (Å²) in [7, 11) is 1.45. The van der Waals surface area contributed by atoms with E-state index >= 15 is 0 Å². The van der Waals surface area contributed by atoms with Gasteiger partial charge in [-0.1, -0.05) is 0 Å². The number of aromatic nitrogens is 2. The molecule has 0 saturated heterocycles. The van der Waals surface area contributed by atoms with Gasteiger partial charge in [0.1, 0.15) is 11.5 Å². The van der Waals surface area contributed by atoms with Crippen LogP contribution in [0.1, 0.15) is 23.3 Å². The molecule has 1 aromatic heterocycles. The Morgan fingerprint density at radius 3 is 2.83 bits per heavy atom. The first-order valence-corrected chi connectivity index (χ1v) is 7.92. The molecule has 2 heterocycles. The molecule has 2 aliphatic rings. The number of amides is 1. The summed E-state index contributed by atoms with van der Waals surface area (Å²) in [6, 6.07) is 6.72. The van der Waals surface area contributed by atoms with Crippen molar-refractivity contribution in [1.82, 2.24) is 9.97 Å². The minimum atomic E-state index is -0.294. The number of rotatable bonds is 3. The Hall–Kier alpha value is -2.70. The van der Waals surface area contributed by atoms with E-state index in [1.807, 2.05) is 0 Å². The highest BCUT2D eigenvalue weighted by atomic mass is 19.1. The molecule has 0 spiro atoms. The van der Waals surface area contributed by atoms with Gasteiger partial charge in [0.25, 0.3) is 5.91 Å². The molecule has 1 aliphatic heterocycles. The van der Waals surface area contributed by atoms with Gasteiger partial charge in [-0.15, -0.1) is 0 Å². The fraction of sp³-hybridized carbons (Fsp3) is 0.353. The fourth-order valence-electron chi connectivity index (χ4n) is 3.08. The van der Waals surface area contributed by atoms with E-state index in [9.17, 15) is 9.18 Å². The average Bonchev–Trinajstić information content (AvgIpc) is 3.45. The molecule has 1 amide bonds. The van der Waals surface area contributed by atoms with Crippen LogP contribution in [0.4, 0.5) is 15.8 Å². The van der Waals surface area contributed by atoms with E-state index in [0.29, 0.717) is 19.1 Å². The molecule has 1 fully saturated rings. The topological polar surface area (TPSA) is 58.6 Å². The van der Waals surface area contributed by atoms with Gasteiger partial charge >= 0.3 is 6.01 Å². The van der Waals surface area contributed by atoms with E-state index in [4.69, 9.17) is 4.74 Å². The lowest BCUT2D eigenvalue weighted by Gasteiger charge is -2.37. The molecule has 0 radical (unpaired) electrons. The number of anilines is 2. The highest BCUT2D eigenvalue weighted by Crippen LogP contribution is 2.40. The minimum absolute atomic E-state index is 0.150. The number of ether oxygens (including phenoxy) is 1. The molecule has 0 atom stereocenters. The van der Waals surface area contributed by atoms with Crippen LogP contribution in [0.15, 0.2) is 30.5 Å². The zero-order valence-corrected chi connectivity index (χ0v) is 13.3. The van der Waals surface area contributed by atoms with Crippen LogP contribution in [0.5, 0.6) is 6.01 Å². The van der Waals surface area contributed by atoms with Crippen LogP contribution in [0.3, 0.4) is 0 Å². The van der Waals surface area contributed by atoms with Crippen LogP contribution < -0.4 is 14.5 Å². The number of carbonyl (C=O) groups is 1. The molecule has 0 N–H and O–H groups in total. The van der Waals surface area contributed by atoms with Crippen LogP contribution in [0, 0.1) is 5.82 Å². The maximum absolute atomic E-state index is 13.7. The summed E-state index contributed by atoms with van der Waals surface area (Å²) >= 11 is 0. The Bertz CT molecular complexity index is 794. The predicted octanol–water partition coefficient (Wildman–Crippen LogP) is 2.25. The molecule has 1 saturated carbocycles. The average molecular weight is 328 g/mol. The zero-order chi connectivity index (χ0) is 16.7. The van der Waals surface area contributed by atoms with Gasteiger partial charge in [-0.05, 0) is 37.1 Å². The number of hydrogen-bond acceptors (Lipinski definition) is 5. The molecule has 7 heteroatoms. The Kier molecular flexibility index (Phi) is 3.55. The SMILES string of the molecule is COc1nccc(C(=O)N2CCN(C3CC3)c3cc(F)ccc32)n1. The lowest BCUT2D eigenvalue weighted by molar-refractivity contribution is 0.0980. The molecule has 124 valence electrons. The van der Waals surface area contributed by atoms with Crippen molar-refractivity contribution in [3.05, 3.63) is 42.0 Å². The number of halogens is 1. The number of methoxy groups -OCH3 is 1. The second-order valence-corrected chi connectivity index (χ2v) is 5.94. The summed E-state index contributed by atoms with van der Waals surface area (Å²) in [6.45, 7) is 1.23. The minimum Gasteiger partial charge on any atom is -0.467 e. The van der Waals surface area contributed by atoms with Gasteiger partial charge < -0.3 is 14.5 Å². The third-order valence-corrected chi connectivity index (χ3v) is 4.37. The van der Waals surface area contributed by atoms with E-state index in [2.05, 4.69) is 14.9 Å². The van der Waals surface area contributed by atoms with E-state index in [-0.39, 0.29) is 23.4 Å². The number of carbonyl (C=O) groups excluding carboxylic acids is 1. The summed E-state index contributed by atoms with van der Waals surface area (Å²) in [4.78, 5) is 24.8. The first-order valence-electron chi connectivity index (χ1n) is 7.92. The first-order chi connectivity index (χ1) is 11.7. The van der Waals surface area contributed by atoms with Crippen molar-refractivity contribution < 1.29 is 13.9 Å². The third kappa shape index (κ3) is 2.55. The van der Waals surface area contributed by atoms with Gasteiger partial charge in [0.05, 0.1) is 18.5 Å². The molecular weight excluding hydrogens is 311 g/mol. The molecule has 6 nitrogen and oxygen atoms in total. The quantitative estimate of drug-likeness (QED) is 0.865. The number of fused-ring (bicyclic) bond motifs is 1. The van der Waals surface area contributed by atoms with Crippen LogP contribution in [0.2, 0.25) is 0 Å².